The van der Waals surface area contributed by atoms with E-state index in [1.165, 1.54) is 0 Å². The van der Waals surface area contributed by atoms with Gasteiger partial charge in [0.05, 0.1) is 12.2 Å². The largest absolute Gasteiger partial charge is 0.463 e. The number of carbonyl (C=O) groups is 1. The van der Waals surface area contributed by atoms with Crippen molar-refractivity contribution in [1.29, 1.82) is 0 Å². The quantitative estimate of drug-likeness (QED) is 0.649. The molecule has 1 atom stereocenters. The van der Waals surface area contributed by atoms with E-state index in [4.69, 9.17) is 4.42 Å². The van der Waals surface area contributed by atoms with Crippen LogP contribution >= 0.6 is 0 Å². The number of rotatable bonds is 5. The van der Waals surface area contributed by atoms with Gasteiger partial charge in [-0.3, -0.25) is 4.79 Å². The number of benzene rings is 1. The second kappa shape index (κ2) is 8.47. The van der Waals surface area contributed by atoms with Gasteiger partial charge in [-0.1, -0.05) is 12.1 Å². The highest BCUT2D eigenvalue weighted by atomic mass is 16.3. The van der Waals surface area contributed by atoms with Crippen molar-refractivity contribution >= 4 is 17.4 Å². The highest BCUT2D eigenvalue weighted by molar-refractivity contribution is 5.95. The van der Waals surface area contributed by atoms with Crippen molar-refractivity contribution in [3.8, 4) is 11.5 Å². The second-order valence-electron chi connectivity index (χ2n) is 7.46. The third-order valence-electron chi connectivity index (χ3n) is 5.41. The SMILES string of the molecule is CCN(C(=O)C1CCCN(c2ccc(-c3ccco3)nn2)C1)c1cccc(C)c1. The first-order chi connectivity index (χ1) is 14.2. The van der Waals surface area contributed by atoms with Crippen molar-refractivity contribution in [3.63, 3.8) is 0 Å². The van der Waals surface area contributed by atoms with Crippen molar-refractivity contribution < 1.29 is 9.21 Å². The maximum Gasteiger partial charge on any atom is 0.231 e. The van der Waals surface area contributed by atoms with E-state index in [9.17, 15) is 4.79 Å². The number of hydrogen-bond donors (Lipinski definition) is 0. The molecule has 1 amide bonds. The first kappa shape index (κ1) is 19.2. The van der Waals surface area contributed by atoms with E-state index in [-0.39, 0.29) is 11.8 Å². The van der Waals surface area contributed by atoms with Crippen LogP contribution in [0.5, 0.6) is 0 Å². The lowest BCUT2D eigenvalue weighted by Crippen LogP contribution is -2.45. The van der Waals surface area contributed by atoms with Crippen LogP contribution in [-0.4, -0.2) is 35.7 Å². The number of aryl methyl sites for hydroxylation is 1. The van der Waals surface area contributed by atoms with E-state index in [1.807, 2.05) is 48.2 Å². The van der Waals surface area contributed by atoms with Crippen LogP contribution in [0.4, 0.5) is 11.5 Å². The van der Waals surface area contributed by atoms with Gasteiger partial charge in [0.2, 0.25) is 5.91 Å². The average molecular weight is 390 g/mol. The number of hydrogen-bond acceptors (Lipinski definition) is 5. The summed E-state index contributed by atoms with van der Waals surface area (Å²) < 4.78 is 5.38. The van der Waals surface area contributed by atoms with Gasteiger partial charge in [0, 0.05) is 25.3 Å². The molecular formula is C23H26N4O2. The fourth-order valence-electron chi connectivity index (χ4n) is 3.92. The van der Waals surface area contributed by atoms with Gasteiger partial charge in [-0.25, -0.2) is 0 Å². The number of piperidine rings is 1. The van der Waals surface area contributed by atoms with Crippen molar-refractivity contribution in [2.75, 3.05) is 29.4 Å². The molecule has 6 nitrogen and oxygen atoms in total. The molecule has 1 aliphatic heterocycles. The Bertz CT molecular complexity index is 953. The summed E-state index contributed by atoms with van der Waals surface area (Å²) in [6.07, 6.45) is 3.48. The van der Waals surface area contributed by atoms with Crippen molar-refractivity contribution in [3.05, 3.63) is 60.4 Å². The molecule has 1 aliphatic rings. The van der Waals surface area contributed by atoms with Crippen molar-refractivity contribution in [1.82, 2.24) is 10.2 Å². The van der Waals surface area contributed by atoms with Crippen LogP contribution in [0.1, 0.15) is 25.3 Å². The Morgan fingerprint density at radius 1 is 1.21 bits per heavy atom. The fourth-order valence-corrected chi connectivity index (χ4v) is 3.92. The van der Waals surface area contributed by atoms with Crippen LogP contribution in [-0.2, 0) is 4.79 Å². The lowest BCUT2D eigenvalue weighted by atomic mass is 9.96. The van der Waals surface area contributed by atoms with Crippen LogP contribution in [0.2, 0.25) is 0 Å². The van der Waals surface area contributed by atoms with E-state index in [2.05, 4.69) is 34.2 Å². The standard InChI is InChI=1S/C23H26N4O2/c1-3-27(19-9-4-7-17(2)15-19)23(28)18-8-5-13-26(16-18)22-12-11-20(24-25-22)21-10-6-14-29-21/h4,6-7,9-12,14-15,18H,3,5,8,13,16H2,1-2H3. The number of amides is 1. The van der Waals surface area contributed by atoms with Gasteiger partial charge in [0.25, 0.3) is 0 Å². The van der Waals surface area contributed by atoms with Crippen LogP contribution in [0.15, 0.2) is 59.2 Å². The second-order valence-corrected chi connectivity index (χ2v) is 7.46. The van der Waals surface area contributed by atoms with E-state index in [0.29, 0.717) is 24.5 Å². The van der Waals surface area contributed by atoms with Gasteiger partial charge in [0.1, 0.15) is 5.69 Å². The highest BCUT2D eigenvalue weighted by Crippen LogP contribution is 2.26. The summed E-state index contributed by atoms with van der Waals surface area (Å²) in [6, 6.07) is 15.7. The summed E-state index contributed by atoms with van der Waals surface area (Å²) in [5, 5.41) is 8.67. The van der Waals surface area contributed by atoms with Crippen LogP contribution in [0, 0.1) is 12.8 Å². The Morgan fingerprint density at radius 3 is 2.79 bits per heavy atom. The summed E-state index contributed by atoms with van der Waals surface area (Å²) in [4.78, 5) is 17.3. The monoisotopic (exact) mass is 390 g/mol. The number of nitrogens with zero attached hydrogens (tertiary/aromatic N) is 4. The zero-order valence-corrected chi connectivity index (χ0v) is 16.9. The van der Waals surface area contributed by atoms with Gasteiger partial charge in [-0.2, -0.15) is 0 Å². The molecule has 1 aromatic carbocycles. The molecule has 0 bridgehead atoms. The lowest BCUT2D eigenvalue weighted by Gasteiger charge is -2.35. The molecule has 0 radical (unpaired) electrons. The minimum absolute atomic E-state index is 0.0456. The van der Waals surface area contributed by atoms with Crippen LogP contribution in [0.3, 0.4) is 0 Å². The number of aromatic nitrogens is 2. The molecule has 0 spiro atoms. The normalized spacial score (nSPS) is 16.6. The Kier molecular flexibility index (Phi) is 5.60. The Labute approximate surface area is 171 Å². The predicted molar refractivity (Wildman–Crippen MR) is 114 cm³/mol. The predicted octanol–water partition coefficient (Wildman–Crippen LogP) is 4.31. The van der Waals surface area contributed by atoms with Gasteiger partial charge in [-0.15, -0.1) is 10.2 Å². The van der Waals surface area contributed by atoms with Gasteiger partial charge >= 0.3 is 0 Å². The fraction of sp³-hybridized carbons (Fsp3) is 0.348. The first-order valence-electron chi connectivity index (χ1n) is 10.2. The van der Waals surface area contributed by atoms with E-state index in [0.717, 1.165) is 36.5 Å². The molecule has 0 aliphatic carbocycles. The van der Waals surface area contributed by atoms with Crippen LogP contribution in [0.25, 0.3) is 11.5 Å². The third kappa shape index (κ3) is 4.16. The molecule has 3 aromatic rings. The molecule has 0 N–H and O–H groups in total. The topological polar surface area (TPSA) is 62.5 Å². The van der Waals surface area contributed by atoms with E-state index >= 15 is 0 Å². The highest BCUT2D eigenvalue weighted by Gasteiger charge is 2.30. The molecule has 150 valence electrons. The molecule has 0 saturated carbocycles. The maximum absolute atomic E-state index is 13.3. The average Bonchev–Trinajstić information content (AvgIpc) is 3.29. The summed E-state index contributed by atoms with van der Waals surface area (Å²) in [7, 11) is 0. The van der Waals surface area contributed by atoms with E-state index < -0.39 is 0 Å². The summed E-state index contributed by atoms with van der Waals surface area (Å²) >= 11 is 0. The van der Waals surface area contributed by atoms with Crippen molar-refractivity contribution in [2.24, 2.45) is 5.92 Å². The number of anilines is 2. The summed E-state index contributed by atoms with van der Waals surface area (Å²) in [5.41, 5.74) is 2.84. The molecule has 6 heteroatoms. The molecule has 1 fully saturated rings. The summed E-state index contributed by atoms with van der Waals surface area (Å²) in [6.45, 7) is 6.29. The molecular weight excluding hydrogens is 364 g/mol. The molecule has 2 aromatic heterocycles. The van der Waals surface area contributed by atoms with Gasteiger partial charge < -0.3 is 14.2 Å². The zero-order chi connectivity index (χ0) is 20.2. The Balaban J connectivity index is 1.48. The lowest BCUT2D eigenvalue weighted by molar-refractivity contribution is -0.122. The Hall–Kier alpha value is -3.15. The third-order valence-corrected chi connectivity index (χ3v) is 5.41. The molecule has 1 unspecified atom stereocenters. The number of furan rings is 1. The smallest absolute Gasteiger partial charge is 0.231 e. The van der Waals surface area contributed by atoms with Gasteiger partial charge in [0.15, 0.2) is 11.6 Å². The minimum Gasteiger partial charge on any atom is -0.463 e. The molecule has 4 rings (SSSR count). The Morgan fingerprint density at radius 2 is 2.10 bits per heavy atom. The van der Waals surface area contributed by atoms with Crippen molar-refractivity contribution in [2.45, 2.75) is 26.7 Å². The molecule has 3 heterocycles. The number of carbonyl (C=O) groups excluding carboxylic acids is 1. The molecule has 1 saturated heterocycles. The first-order valence-corrected chi connectivity index (χ1v) is 10.2. The maximum atomic E-state index is 13.3. The summed E-state index contributed by atoms with van der Waals surface area (Å²) in [5.74, 6) is 1.64. The van der Waals surface area contributed by atoms with E-state index in [1.54, 1.807) is 6.26 Å². The minimum atomic E-state index is -0.0456. The van der Waals surface area contributed by atoms with Crippen LogP contribution < -0.4 is 9.80 Å². The zero-order valence-electron chi connectivity index (χ0n) is 16.9. The van der Waals surface area contributed by atoms with Gasteiger partial charge in [-0.05, 0) is 68.7 Å². The molecule has 29 heavy (non-hydrogen) atoms.